The van der Waals surface area contributed by atoms with Gasteiger partial charge in [0.25, 0.3) is 10.0 Å². The molecule has 0 aliphatic carbocycles. The zero-order valence-corrected chi connectivity index (χ0v) is 12.2. The van der Waals surface area contributed by atoms with Crippen LogP contribution >= 0.6 is 11.6 Å². The van der Waals surface area contributed by atoms with Gasteiger partial charge in [0.05, 0.1) is 0 Å². The van der Waals surface area contributed by atoms with Crippen LogP contribution in [0.25, 0.3) is 0 Å². The van der Waals surface area contributed by atoms with Gasteiger partial charge in [-0.25, -0.2) is 17.8 Å². The summed E-state index contributed by atoms with van der Waals surface area (Å²) in [6.07, 6.45) is 1.24. The molecule has 1 aromatic carbocycles. The molecule has 20 heavy (non-hydrogen) atoms. The molecule has 0 aliphatic heterocycles. The van der Waals surface area contributed by atoms with Crippen molar-refractivity contribution in [1.82, 2.24) is 9.29 Å². The molecule has 2 aromatic rings. The Balaban J connectivity index is 2.26. The molecule has 1 aromatic heterocycles. The molecule has 0 atom stereocenters. The molecule has 0 unspecified atom stereocenters. The number of aromatic nitrogens is 1. The normalized spacial score (nSPS) is 11.8. The Bertz CT molecular complexity index is 705. The summed E-state index contributed by atoms with van der Waals surface area (Å²) in [6.45, 7) is 0.107. The smallest absolute Gasteiger partial charge is 0.241 e. The first-order valence-corrected chi connectivity index (χ1v) is 7.54. The van der Waals surface area contributed by atoms with Crippen LogP contribution in [0.1, 0.15) is 5.56 Å². The highest BCUT2D eigenvalue weighted by Crippen LogP contribution is 2.18. The van der Waals surface area contributed by atoms with Crippen LogP contribution in [0.2, 0.25) is 5.02 Å². The summed E-state index contributed by atoms with van der Waals surface area (Å²) in [5, 5.41) is -0.00788. The quantitative estimate of drug-likeness (QED) is 0.872. The number of rotatable bonds is 4. The summed E-state index contributed by atoms with van der Waals surface area (Å²) in [5.74, 6) is -0.865. The van der Waals surface area contributed by atoms with Gasteiger partial charge in [0.15, 0.2) is 5.82 Å². The Labute approximate surface area is 121 Å². The van der Waals surface area contributed by atoms with Crippen molar-refractivity contribution in [3.05, 3.63) is 59.0 Å². The minimum atomic E-state index is -3.96. The average Bonchev–Trinajstić information content (AvgIpc) is 2.41. The monoisotopic (exact) mass is 314 g/mol. The van der Waals surface area contributed by atoms with E-state index in [9.17, 15) is 12.8 Å². The van der Waals surface area contributed by atoms with Gasteiger partial charge in [0.2, 0.25) is 5.03 Å². The predicted molar refractivity (Wildman–Crippen MR) is 74.3 cm³/mol. The Morgan fingerprint density at radius 1 is 1.25 bits per heavy atom. The summed E-state index contributed by atoms with van der Waals surface area (Å²) in [4.78, 5) is 3.60. The van der Waals surface area contributed by atoms with Crippen molar-refractivity contribution in [2.24, 2.45) is 0 Å². The molecule has 0 saturated carbocycles. The molecule has 0 bridgehead atoms. The second kappa shape index (κ2) is 5.87. The minimum absolute atomic E-state index is 0.107. The van der Waals surface area contributed by atoms with Crippen molar-refractivity contribution in [1.29, 1.82) is 0 Å². The molecule has 1 heterocycles. The molecule has 0 N–H and O–H groups in total. The zero-order valence-electron chi connectivity index (χ0n) is 10.6. The molecule has 0 fully saturated rings. The van der Waals surface area contributed by atoms with E-state index in [-0.39, 0.29) is 6.54 Å². The van der Waals surface area contributed by atoms with Crippen molar-refractivity contribution < 1.29 is 12.8 Å². The van der Waals surface area contributed by atoms with Gasteiger partial charge in [-0.3, -0.25) is 0 Å². The molecular formula is C13H12ClFN2O2S. The van der Waals surface area contributed by atoms with E-state index in [1.807, 2.05) is 0 Å². The van der Waals surface area contributed by atoms with Crippen molar-refractivity contribution in [3.8, 4) is 0 Å². The lowest BCUT2D eigenvalue weighted by atomic mass is 10.2. The molecular weight excluding hydrogens is 303 g/mol. The fourth-order valence-corrected chi connectivity index (χ4v) is 2.89. The third-order valence-electron chi connectivity index (χ3n) is 2.70. The van der Waals surface area contributed by atoms with Gasteiger partial charge in [-0.2, -0.15) is 4.31 Å². The van der Waals surface area contributed by atoms with Crippen molar-refractivity contribution >= 4 is 21.6 Å². The third kappa shape index (κ3) is 3.15. The van der Waals surface area contributed by atoms with Crippen LogP contribution in [-0.2, 0) is 16.6 Å². The highest BCUT2D eigenvalue weighted by atomic mass is 35.5. The molecule has 0 saturated heterocycles. The number of nitrogens with zero attached hydrogens (tertiary/aromatic N) is 2. The Kier molecular flexibility index (Phi) is 4.37. The fraction of sp³-hybridized carbons (Fsp3) is 0.154. The van der Waals surface area contributed by atoms with Gasteiger partial charge < -0.3 is 0 Å². The lowest BCUT2D eigenvalue weighted by Crippen LogP contribution is -2.28. The minimum Gasteiger partial charge on any atom is -0.241 e. The maximum absolute atomic E-state index is 13.6. The first-order valence-electron chi connectivity index (χ1n) is 5.72. The van der Waals surface area contributed by atoms with E-state index in [1.54, 1.807) is 24.3 Å². The van der Waals surface area contributed by atoms with E-state index in [0.29, 0.717) is 5.02 Å². The molecule has 106 valence electrons. The lowest BCUT2D eigenvalue weighted by molar-refractivity contribution is 0.454. The second-order valence-electron chi connectivity index (χ2n) is 4.18. The van der Waals surface area contributed by atoms with Crippen LogP contribution in [0.5, 0.6) is 0 Å². The Morgan fingerprint density at radius 2 is 1.90 bits per heavy atom. The van der Waals surface area contributed by atoms with Gasteiger partial charge in [-0.15, -0.1) is 0 Å². The molecule has 0 radical (unpaired) electrons. The van der Waals surface area contributed by atoms with Gasteiger partial charge in [-0.05, 0) is 29.8 Å². The highest BCUT2D eigenvalue weighted by molar-refractivity contribution is 7.89. The van der Waals surface area contributed by atoms with Gasteiger partial charge in [-0.1, -0.05) is 23.7 Å². The Hall–Kier alpha value is -1.50. The largest absolute Gasteiger partial charge is 0.263 e. The van der Waals surface area contributed by atoms with Gasteiger partial charge in [0, 0.05) is 24.8 Å². The van der Waals surface area contributed by atoms with E-state index < -0.39 is 20.9 Å². The standard InChI is InChI=1S/C13H12ClFN2O2S/c1-17(9-10-4-6-11(14)7-5-10)20(18,19)13-12(15)3-2-8-16-13/h2-8H,9H2,1H3. The van der Waals surface area contributed by atoms with Crippen LogP contribution in [-0.4, -0.2) is 24.8 Å². The number of benzene rings is 1. The number of hydrogen-bond donors (Lipinski definition) is 0. The average molecular weight is 315 g/mol. The van der Waals surface area contributed by atoms with E-state index in [0.717, 1.165) is 15.9 Å². The maximum Gasteiger partial charge on any atom is 0.263 e. The highest BCUT2D eigenvalue weighted by Gasteiger charge is 2.25. The van der Waals surface area contributed by atoms with E-state index in [4.69, 9.17) is 11.6 Å². The summed E-state index contributed by atoms with van der Waals surface area (Å²) in [7, 11) is -2.59. The predicted octanol–water partition coefficient (Wildman–Crippen LogP) is 2.69. The molecule has 0 amide bonds. The zero-order chi connectivity index (χ0) is 14.8. The summed E-state index contributed by atoms with van der Waals surface area (Å²) >= 11 is 5.76. The molecule has 0 aliphatic rings. The molecule has 4 nitrogen and oxygen atoms in total. The number of halogens is 2. The van der Waals surface area contributed by atoms with Crippen LogP contribution in [0.3, 0.4) is 0 Å². The first-order chi connectivity index (χ1) is 9.41. The van der Waals surface area contributed by atoms with Crippen molar-refractivity contribution in [2.45, 2.75) is 11.6 Å². The second-order valence-corrected chi connectivity index (χ2v) is 6.57. The van der Waals surface area contributed by atoms with Crippen LogP contribution < -0.4 is 0 Å². The van der Waals surface area contributed by atoms with E-state index in [2.05, 4.69) is 4.98 Å². The topological polar surface area (TPSA) is 50.3 Å². The number of sulfonamides is 1. The van der Waals surface area contributed by atoms with Gasteiger partial charge in [0.1, 0.15) is 0 Å². The SMILES string of the molecule is CN(Cc1ccc(Cl)cc1)S(=O)(=O)c1ncccc1F. The van der Waals surface area contributed by atoms with Crippen LogP contribution in [0.15, 0.2) is 47.6 Å². The summed E-state index contributed by atoms with van der Waals surface area (Å²) < 4.78 is 39.0. The van der Waals surface area contributed by atoms with Crippen molar-refractivity contribution in [2.75, 3.05) is 7.05 Å². The fourth-order valence-electron chi connectivity index (χ4n) is 1.64. The van der Waals surface area contributed by atoms with Gasteiger partial charge >= 0.3 is 0 Å². The maximum atomic E-state index is 13.6. The lowest BCUT2D eigenvalue weighted by Gasteiger charge is -2.16. The summed E-state index contributed by atoms with van der Waals surface area (Å²) in [5.41, 5.74) is 0.747. The van der Waals surface area contributed by atoms with E-state index in [1.165, 1.54) is 19.3 Å². The van der Waals surface area contributed by atoms with Crippen molar-refractivity contribution in [3.63, 3.8) is 0 Å². The third-order valence-corrected chi connectivity index (χ3v) is 4.69. The van der Waals surface area contributed by atoms with Crippen LogP contribution in [0, 0.1) is 5.82 Å². The first kappa shape index (κ1) is 14.9. The van der Waals surface area contributed by atoms with Crippen LogP contribution in [0.4, 0.5) is 4.39 Å². The Morgan fingerprint density at radius 3 is 2.50 bits per heavy atom. The molecule has 7 heteroatoms. The number of pyridine rings is 1. The molecule has 0 spiro atoms. The summed E-state index contributed by atoms with van der Waals surface area (Å²) in [6, 6.07) is 9.16. The molecule has 2 rings (SSSR count). The number of hydrogen-bond acceptors (Lipinski definition) is 3. The van der Waals surface area contributed by atoms with E-state index >= 15 is 0 Å².